The Labute approximate surface area is 190 Å². The molecular formula is C21H22F6N4O3. The Morgan fingerprint density at radius 1 is 1.18 bits per heavy atom. The number of aliphatic hydroxyl groups excluding tert-OH is 2. The predicted molar refractivity (Wildman–Crippen MR) is 109 cm³/mol. The van der Waals surface area contributed by atoms with Gasteiger partial charge in [-0.05, 0) is 30.2 Å². The van der Waals surface area contributed by atoms with E-state index in [-0.39, 0.29) is 13.1 Å². The summed E-state index contributed by atoms with van der Waals surface area (Å²) in [6.45, 7) is 0.543. The first-order valence-electron chi connectivity index (χ1n) is 10.2. The maximum atomic E-state index is 13.9. The number of fused-ring (bicyclic) bond motifs is 1. The van der Waals surface area contributed by atoms with Crippen molar-refractivity contribution >= 4 is 17.4 Å². The van der Waals surface area contributed by atoms with Crippen LogP contribution >= 0.6 is 0 Å². The number of hydrogen-bond donors (Lipinski definition) is 3. The lowest BCUT2D eigenvalue weighted by Crippen LogP contribution is -2.33. The number of nitrogens with zero attached hydrogens (tertiary/aromatic N) is 3. The molecule has 186 valence electrons. The van der Waals surface area contributed by atoms with Gasteiger partial charge in [-0.2, -0.15) is 26.3 Å². The fraction of sp³-hybridized carbons (Fsp3) is 0.476. The van der Waals surface area contributed by atoms with Gasteiger partial charge >= 0.3 is 12.4 Å². The van der Waals surface area contributed by atoms with Gasteiger partial charge in [0.1, 0.15) is 5.82 Å². The number of aromatic nitrogens is 2. The van der Waals surface area contributed by atoms with Crippen LogP contribution in [0.5, 0.6) is 0 Å². The maximum absolute atomic E-state index is 13.9. The Bertz CT molecular complexity index is 1020. The Hall–Kier alpha value is -2.93. The van der Waals surface area contributed by atoms with Crippen molar-refractivity contribution in [2.75, 3.05) is 30.0 Å². The van der Waals surface area contributed by atoms with E-state index >= 15 is 0 Å². The minimum atomic E-state index is -5.31. The van der Waals surface area contributed by atoms with Gasteiger partial charge in [-0.3, -0.25) is 9.78 Å². The summed E-state index contributed by atoms with van der Waals surface area (Å²) in [5.74, 6) is -2.80. The Morgan fingerprint density at radius 3 is 2.44 bits per heavy atom. The molecule has 0 unspecified atom stereocenters. The second-order valence-corrected chi connectivity index (χ2v) is 7.96. The van der Waals surface area contributed by atoms with E-state index in [1.54, 1.807) is 24.5 Å². The second-order valence-electron chi connectivity index (χ2n) is 7.96. The number of nitrogens with one attached hydrogen (secondary N) is 1. The van der Waals surface area contributed by atoms with Crippen LogP contribution in [0.3, 0.4) is 0 Å². The summed E-state index contributed by atoms with van der Waals surface area (Å²) in [6.07, 6.45) is -9.33. The van der Waals surface area contributed by atoms with E-state index in [1.807, 2.05) is 0 Å². The molecule has 1 aliphatic rings. The zero-order valence-corrected chi connectivity index (χ0v) is 18.0. The summed E-state index contributed by atoms with van der Waals surface area (Å²) in [4.78, 5) is 21.2. The lowest BCUT2D eigenvalue weighted by molar-refractivity contribution is -0.144. The lowest BCUT2D eigenvalue weighted by Gasteiger charge is -2.31. The van der Waals surface area contributed by atoms with E-state index < -0.39 is 66.6 Å². The fourth-order valence-electron chi connectivity index (χ4n) is 3.67. The number of aryl methyl sites for hydroxylation is 1. The maximum Gasteiger partial charge on any atom is 0.435 e. The summed E-state index contributed by atoms with van der Waals surface area (Å²) in [7, 11) is 0. The molecule has 0 aliphatic carbocycles. The van der Waals surface area contributed by atoms with Gasteiger partial charge in [-0.1, -0.05) is 0 Å². The highest BCUT2D eigenvalue weighted by Gasteiger charge is 2.44. The summed E-state index contributed by atoms with van der Waals surface area (Å²) in [6, 6.07) is 2.18. The van der Waals surface area contributed by atoms with Crippen molar-refractivity contribution in [1.82, 2.24) is 9.97 Å². The van der Waals surface area contributed by atoms with E-state index in [4.69, 9.17) is 10.2 Å². The van der Waals surface area contributed by atoms with Crippen LogP contribution in [0.2, 0.25) is 0 Å². The smallest absolute Gasteiger partial charge is 0.396 e. The second kappa shape index (κ2) is 9.74. The fourth-order valence-corrected chi connectivity index (χ4v) is 3.67. The van der Waals surface area contributed by atoms with Crippen LogP contribution in [0.4, 0.5) is 37.8 Å². The van der Waals surface area contributed by atoms with Gasteiger partial charge in [-0.15, -0.1) is 0 Å². The minimum absolute atomic E-state index is 0.0248. The van der Waals surface area contributed by atoms with E-state index in [2.05, 4.69) is 9.97 Å². The van der Waals surface area contributed by atoms with Crippen LogP contribution in [0, 0.1) is 12.8 Å². The highest BCUT2D eigenvalue weighted by molar-refractivity contribution is 5.93. The van der Waals surface area contributed by atoms with Crippen LogP contribution in [-0.4, -0.2) is 45.8 Å². The number of carbonyl (C=O) groups is 1. The van der Waals surface area contributed by atoms with Gasteiger partial charge < -0.3 is 20.4 Å². The number of carbonyl (C=O) groups excluding carboxylic acids is 1. The molecule has 0 bridgehead atoms. The predicted octanol–water partition coefficient (Wildman–Crippen LogP) is 3.31. The van der Waals surface area contributed by atoms with Crippen LogP contribution in [0.15, 0.2) is 18.3 Å². The summed E-state index contributed by atoms with van der Waals surface area (Å²) < 4.78 is 83.0. The number of anilines is 2. The lowest BCUT2D eigenvalue weighted by atomic mass is 10.0. The SMILES string of the molecule is Cc1ccnc2c1CN(c1cc(C(F)(F)F)c(NC(=O)CC(CO)CO)c(C(F)(F)F)n1)CC2. The Morgan fingerprint density at radius 2 is 1.85 bits per heavy atom. The Kier molecular flexibility index (Phi) is 7.36. The van der Waals surface area contributed by atoms with Crippen molar-refractivity contribution in [2.24, 2.45) is 5.92 Å². The number of amides is 1. The van der Waals surface area contributed by atoms with Crippen molar-refractivity contribution in [3.05, 3.63) is 46.4 Å². The molecular weight excluding hydrogens is 470 g/mol. The molecule has 0 spiro atoms. The number of aliphatic hydroxyl groups is 2. The molecule has 0 fully saturated rings. The molecule has 0 aromatic carbocycles. The topological polar surface area (TPSA) is 98.6 Å². The van der Waals surface area contributed by atoms with E-state index in [9.17, 15) is 31.1 Å². The van der Waals surface area contributed by atoms with Crippen LogP contribution in [0.1, 0.15) is 34.5 Å². The number of halogens is 6. The van der Waals surface area contributed by atoms with Crippen molar-refractivity contribution in [2.45, 2.75) is 38.7 Å². The van der Waals surface area contributed by atoms with E-state index in [0.29, 0.717) is 18.1 Å². The molecule has 3 N–H and O–H groups in total. The van der Waals surface area contributed by atoms with Crippen molar-refractivity contribution in [3.63, 3.8) is 0 Å². The minimum Gasteiger partial charge on any atom is -0.396 e. The van der Waals surface area contributed by atoms with Gasteiger partial charge in [0.2, 0.25) is 5.91 Å². The molecule has 1 amide bonds. The largest absolute Gasteiger partial charge is 0.435 e. The first kappa shape index (κ1) is 25.7. The average molecular weight is 492 g/mol. The Balaban J connectivity index is 2.07. The van der Waals surface area contributed by atoms with Crippen molar-refractivity contribution < 1.29 is 41.4 Å². The highest BCUT2D eigenvalue weighted by Crippen LogP contribution is 2.44. The summed E-state index contributed by atoms with van der Waals surface area (Å²) >= 11 is 0. The zero-order chi connectivity index (χ0) is 25.3. The third-order valence-corrected chi connectivity index (χ3v) is 5.51. The van der Waals surface area contributed by atoms with Crippen LogP contribution < -0.4 is 10.2 Å². The van der Waals surface area contributed by atoms with Crippen LogP contribution in [0.25, 0.3) is 0 Å². The van der Waals surface area contributed by atoms with Gasteiger partial charge in [0.05, 0.1) is 11.3 Å². The third kappa shape index (κ3) is 5.58. The molecule has 0 atom stereocenters. The van der Waals surface area contributed by atoms with Gasteiger partial charge in [0, 0.05) is 57.0 Å². The standard InChI is InChI=1S/C21H22F6N4O3/c1-11-2-4-28-15-3-5-31(8-13(11)15)16-7-14(20(22,23)24)18(19(29-16)21(25,26)27)30-17(34)6-12(9-32)10-33/h2,4,7,12,32-33H,3,5-6,8-10H2,1H3,(H,30,34). The average Bonchev–Trinajstić information content (AvgIpc) is 2.76. The molecule has 2 aromatic rings. The number of alkyl halides is 6. The first-order valence-corrected chi connectivity index (χ1v) is 10.2. The van der Waals surface area contributed by atoms with Gasteiger partial charge in [0.15, 0.2) is 5.69 Å². The molecule has 1 aliphatic heterocycles. The third-order valence-electron chi connectivity index (χ3n) is 5.51. The quantitative estimate of drug-likeness (QED) is 0.536. The number of rotatable bonds is 6. The van der Waals surface area contributed by atoms with E-state index in [0.717, 1.165) is 11.3 Å². The molecule has 2 aromatic heterocycles. The number of hydrogen-bond acceptors (Lipinski definition) is 6. The van der Waals surface area contributed by atoms with Gasteiger partial charge in [0.25, 0.3) is 0 Å². The summed E-state index contributed by atoms with van der Waals surface area (Å²) in [5.41, 5.74) is -2.88. The molecule has 3 rings (SSSR count). The van der Waals surface area contributed by atoms with E-state index in [1.165, 1.54) is 4.90 Å². The monoisotopic (exact) mass is 492 g/mol. The molecule has 0 saturated carbocycles. The zero-order valence-electron chi connectivity index (χ0n) is 18.0. The molecule has 34 heavy (non-hydrogen) atoms. The molecule has 13 heteroatoms. The molecule has 0 radical (unpaired) electrons. The van der Waals surface area contributed by atoms with Crippen molar-refractivity contribution in [1.29, 1.82) is 0 Å². The highest BCUT2D eigenvalue weighted by atomic mass is 19.4. The van der Waals surface area contributed by atoms with Gasteiger partial charge in [-0.25, -0.2) is 4.98 Å². The number of pyridine rings is 2. The molecule has 7 nitrogen and oxygen atoms in total. The first-order chi connectivity index (χ1) is 15.8. The molecule has 0 saturated heterocycles. The molecule has 3 heterocycles. The van der Waals surface area contributed by atoms with Crippen LogP contribution in [-0.2, 0) is 30.1 Å². The summed E-state index contributed by atoms with van der Waals surface area (Å²) in [5, 5.41) is 19.8. The normalized spacial score (nSPS) is 14.4. The van der Waals surface area contributed by atoms with Crippen molar-refractivity contribution in [3.8, 4) is 0 Å².